The lowest BCUT2D eigenvalue weighted by Crippen LogP contribution is -2.55. The van der Waals surface area contributed by atoms with Crippen LogP contribution in [-0.2, 0) is 9.59 Å². The highest BCUT2D eigenvalue weighted by Gasteiger charge is 2.39. The van der Waals surface area contributed by atoms with Gasteiger partial charge in [-0.25, -0.2) is 0 Å². The van der Waals surface area contributed by atoms with Gasteiger partial charge in [0.15, 0.2) is 11.8 Å². The maximum Gasteiger partial charge on any atom is 0.190 e. The molecule has 0 aromatic heterocycles. The molecule has 0 rings (SSSR count). The number of nitrogens with zero attached hydrogens (tertiary/aromatic N) is 1. The Morgan fingerprint density at radius 2 is 0.659 bits per heavy atom. The standard InChI is InChI=1S/C38H76NO2/c1-7-9-11-13-15-17-19-21-23-25-27-29-31-33-36(40)35(3)38(39(4,5)6)37(41)34-32-30-28-26-24-22-20-18-16-14-12-10-8-2/h35,38H,7-34H2,1-6H3/q+1. The van der Waals surface area contributed by atoms with Gasteiger partial charge in [0.25, 0.3) is 0 Å². The number of Topliss-reactive ketones (excluding diaryl/α,β-unsaturated/α-hetero) is 2. The van der Waals surface area contributed by atoms with Crippen LogP contribution in [-0.4, -0.2) is 43.2 Å². The third-order valence-electron chi connectivity index (χ3n) is 9.20. The van der Waals surface area contributed by atoms with Gasteiger partial charge < -0.3 is 4.48 Å². The van der Waals surface area contributed by atoms with Crippen molar-refractivity contribution in [2.24, 2.45) is 5.92 Å². The lowest BCUT2D eigenvalue weighted by Gasteiger charge is -2.36. The topological polar surface area (TPSA) is 34.1 Å². The normalized spacial score (nSPS) is 13.4. The molecule has 0 saturated heterocycles. The molecule has 0 N–H and O–H groups in total. The molecule has 0 aliphatic rings. The summed E-state index contributed by atoms with van der Waals surface area (Å²) in [6.45, 7) is 6.57. The van der Waals surface area contributed by atoms with Gasteiger partial charge in [0.2, 0.25) is 0 Å². The molecule has 0 aromatic carbocycles. The third kappa shape index (κ3) is 24.4. The summed E-state index contributed by atoms with van der Waals surface area (Å²) in [5.74, 6) is 0.415. The number of carbonyl (C=O) groups excluding carboxylic acids is 2. The molecule has 41 heavy (non-hydrogen) atoms. The molecular weight excluding hydrogens is 502 g/mol. The second-order valence-corrected chi connectivity index (χ2v) is 14.3. The van der Waals surface area contributed by atoms with Gasteiger partial charge in [0.05, 0.1) is 27.1 Å². The van der Waals surface area contributed by atoms with Crippen LogP contribution in [0.1, 0.15) is 201 Å². The number of carbonyl (C=O) groups is 2. The minimum absolute atomic E-state index is 0.179. The molecule has 0 radical (unpaired) electrons. The van der Waals surface area contributed by atoms with Gasteiger partial charge in [-0.3, -0.25) is 9.59 Å². The number of rotatable bonds is 32. The summed E-state index contributed by atoms with van der Waals surface area (Å²) in [5.41, 5.74) is 0. The van der Waals surface area contributed by atoms with E-state index in [0.29, 0.717) is 28.9 Å². The summed E-state index contributed by atoms with van der Waals surface area (Å²) < 4.78 is 0.558. The zero-order chi connectivity index (χ0) is 30.6. The molecule has 0 aliphatic carbocycles. The monoisotopic (exact) mass is 579 g/mol. The smallest absolute Gasteiger partial charge is 0.190 e. The molecule has 0 heterocycles. The van der Waals surface area contributed by atoms with Gasteiger partial charge in [0, 0.05) is 12.8 Å². The number of unbranched alkanes of at least 4 members (excludes halogenated alkanes) is 24. The molecule has 244 valence electrons. The SMILES string of the molecule is CCCCCCCCCCCCCCCC(=O)C(C)C(C(=O)CCCCCCCCCCCCCCC)[N+](C)(C)C. The van der Waals surface area contributed by atoms with Crippen LogP contribution in [0.4, 0.5) is 0 Å². The van der Waals surface area contributed by atoms with Crippen LogP contribution >= 0.6 is 0 Å². The Hall–Kier alpha value is -0.700. The Kier molecular flexibility index (Phi) is 27.6. The van der Waals surface area contributed by atoms with Crippen LogP contribution in [0.15, 0.2) is 0 Å². The van der Waals surface area contributed by atoms with Crippen LogP contribution in [0.5, 0.6) is 0 Å². The zero-order valence-electron chi connectivity index (χ0n) is 29.2. The summed E-state index contributed by atoms with van der Waals surface area (Å²) in [6, 6.07) is -0.207. The highest BCUT2D eigenvalue weighted by Crippen LogP contribution is 2.22. The van der Waals surface area contributed by atoms with Crippen LogP contribution in [0, 0.1) is 5.92 Å². The molecule has 0 saturated carbocycles. The quantitative estimate of drug-likeness (QED) is 0.0587. The Labute approximate surface area is 259 Å². The maximum atomic E-state index is 13.3. The number of hydrogen-bond donors (Lipinski definition) is 0. The average Bonchev–Trinajstić information content (AvgIpc) is 2.93. The Morgan fingerprint density at radius 3 is 0.927 bits per heavy atom. The fraction of sp³-hybridized carbons (Fsp3) is 0.947. The molecule has 0 spiro atoms. The maximum absolute atomic E-state index is 13.3. The lowest BCUT2D eigenvalue weighted by molar-refractivity contribution is -0.889. The summed E-state index contributed by atoms with van der Waals surface area (Å²) in [4.78, 5) is 26.3. The van der Waals surface area contributed by atoms with Crippen molar-refractivity contribution >= 4 is 11.6 Å². The van der Waals surface area contributed by atoms with E-state index in [4.69, 9.17) is 0 Å². The van der Waals surface area contributed by atoms with Crippen molar-refractivity contribution in [1.29, 1.82) is 0 Å². The average molecular weight is 579 g/mol. The van der Waals surface area contributed by atoms with E-state index < -0.39 is 0 Å². The van der Waals surface area contributed by atoms with Crippen LogP contribution in [0.2, 0.25) is 0 Å². The second kappa shape index (κ2) is 28.1. The van der Waals surface area contributed by atoms with Crippen molar-refractivity contribution in [2.45, 2.75) is 207 Å². The predicted octanol–water partition coefficient (Wildman–Crippen LogP) is 11.8. The van der Waals surface area contributed by atoms with Crippen molar-refractivity contribution < 1.29 is 14.1 Å². The molecule has 3 heteroatoms. The number of hydrogen-bond acceptors (Lipinski definition) is 2. The number of likely N-dealkylation sites (N-methyl/N-ethyl adjacent to an activating group) is 1. The Morgan fingerprint density at radius 1 is 0.415 bits per heavy atom. The molecule has 2 atom stereocenters. The fourth-order valence-electron chi connectivity index (χ4n) is 6.57. The highest BCUT2D eigenvalue weighted by atomic mass is 16.1. The molecule has 0 aliphatic heterocycles. The van der Waals surface area contributed by atoms with Gasteiger partial charge in [-0.15, -0.1) is 0 Å². The van der Waals surface area contributed by atoms with E-state index in [9.17, 15) is 9.59 Å². The van der Waals surface area contributed by atoms with E-state index in [1.165, 1.54) is 141 Å². The molecular formula is C38H76NO2+. The van der Waals surface area contributed by atoms with Gasteiger partial charge in [-0.05, 0) is 19.8 Å². The van der Waals surface area contributed by atoms with E-state index in [0.717, 1.165) is 25.7 Å². The van der Waals surface area contributed by atoms with Gasteiger partial charge in [-0.1, -0.05) is 168 Å². The van der Waals surface area contributed by atoms with E-state index in [1.54, 1.807) is 0 Å². The van der Waals surface area contributed by atoms with Crippen LogP contribution in [0.3, 0.4) is 0 Å². The predicted molar refractivity (Wildman–Crippen MR) is 182 cm³/mol. The van der Waals surface area contributed by atoms with E-state index in [2.05, 4.69) is 35.0 Å². The Bertz CT molecular complexity index is 594. The second-order valence-electron chi connectivity index (χ2n) is 14.3. The van der Waals surface area contributed by atoms with Crippen molar-refractivity contribution in [3.05, 3.63) is 0 Å². The summed E-state index contributed by atoms with van der Waals surface area (Å²) >= 11 is 0. The first-order valence-electron chi connectivity index (χ1n) is 18.6. The van der Waals surface area contributed by atoms with Crippen LogP contribution in [0.25, 0.3) is 0 Å². The van der Waals surface area contributed by atoms with Crippen molar-refractivity contribution in [3.63, 3.8) is 0 Å². The van der Waals surface area contributed by atoms with Gasteiger partial charge >= 0.3 is 0 Å². The number of ketones is 2. The number of quaternary nitrogens is 1. The van der Waals surface area contributed by atoms with E-state index in [-0.39, 0.29) is 12.0 Å². The fourth-order valence-corrected chi connectivity index (χ4v) is 6.57. The minimum Gasteiger partial charge on any atom is -0.322 e. The summed E-state index contributed by atoms with van der Waals surface area (Å²) in [6.07, 6.45) is 35.6. The van der Waals surface area contributed by atoms with Crippen LogP contribution < -0.4 is 0 Å². The molecule has 0 aromatic rings. The molecule has 2 unspecified atom stereocenters. The van der Waals surface area contributed by atoms with Crippen molar-refractivity contribution in [1.82, 2.24) is 0 Å². The van der Waals surface area contributed by atoms with Gasteiger partial charge in [-0.2, -0.15) is 0 Å². The molecule has 0 fully saturated rings. The van der Waals surface area contributed by atoms with Gasteiger partial charge in [0.1, 0.15) is 5.78 Å². The van der Waals surface area contributed by atoms with E-state index >= 15 is 0 Å². The summed E-state index contributed by atoms with van der Waals surface area (Å²) in [7, 11) is 6.25. The first-order chi connectivity index (χ1) is 19.8. The van der Waals surface area contributed by atoms with Crippen molar-refractivity contribution in [2.75, 3.05) is 21.1 Å². The molecule has 3 nitrogen and oxygen atoms in total. The first kappa shape index (κ1) is 40.3. The van der Waals surface area contributed by atoms with Crippen molar-refractivity contribution in [3.8, 4) is 0 Å². The molecule has 0 amide bonds. The zero-order valence-corrected chi connectivity index (χ0v) is 29.2. The highest BCUT2D eigenvalue weighted by molar-refractivity contribution is 5.91. The lowest BCUT2D eigenvalue weighted by atomic mass is 9.87. The summed E-state index contributed by atoms with van der Waals surface area (Å²) in [5, 5.41) is 0. The Balaban J connectivity index is 3.98. The van der Waals surface area contributed by atoms with E-state index in [1.807, 2.05) is 6.92 Å². The molecule has 0 bridgehead atoms. The largest absolute Gasteiger partial charge is 0.322 e. The minimum atomic E-state index is -0.207. The first-order valence-corrected chi connectivity index (χ1v) is 18.6. The third-order valence-corrected chi connectivity index (χ3v) is 9.20.